The Balaban J connectivity index is 1.99. The average Bonchev–Trinajstić information content (AvgIpc) is 3.12. The molecule has 2 amide bonds. The smallest absolute Gasteiger partial charge is 0.317 e. The van der Waals surface area contributed by atoms with Gasteiger partial charge in [-0.3, -0.25) is 39.2 Å². The molecule has 1 saturated carbocycles. The first-order valence-corrected chi connectivity index (χ1v) is 16.2. The first-order valence-electron chi connectivity index (χ1n) is 16.2. The number of unbranched alkanes of at least 4 members (excludes halogenated alkanes) is 1. The van der Waals surface area contributed by atoms with Crippen molar-refractivity contribution < 1.29 is 43.7 Å². The molecule has 46 heavy (non-hydrogen) atoms. The van der Waals surface area contributed by atoms with E-state index in [-0.39, 0.29) is 70.1 Å². The zero-order valence-corrected chi connectivity index (χ0v) is 26.8. The minimum absolute atomic E-state index is 0.0905. The third-order valence-electron chi connectivity index (χ3n) is 8.86. The zero-order chi connectivity index (χ0) is 34.0. The van der Waals surface area contributed by atoms with Crippen molar-refractivity contribution in [2.24, 2.45) is 11.5 Å². The van der Waals surface area contributed by atoms with E-state index in [2.05, 4.69) is 10.6 Å². The fourth-order valence-electron chi connectivity index (χ4n) is 6.65. The van der Waals surface area contributed by atoms with Gasteiger partial charge < -0.3 is 41.3 Å². The number of nitrogens with two attached hydrogens (primary N) is 2. The Morgan fingerprint density at radius 1 is 0.978 bits per heavy atom. The highest BCUT2D eigenvalue weighted by atomic mass is 16.5. The molecule has 1 unspecified atom stereocenters. The van der Waals surface area contributed by atoms with Crippen LogP contribution >= 0.6 is 0 Å². The van der Waals surface area contributed by atoms with Gasteiger partial charge in [-0.2, -0.15) is 0 Å². The van der Waals surface area contributed by atoms with E-state index in [0.29, 0.717) is 39.0 Å². The molecule has 2 aliphatic rings. The molecule has 1 aliphatic carbocycles. The zero-order valence-electron chi connectivity index (χ0n) is 26.8. The van der Waals surface area contributed by atoms with Crippen LogP contribution in [0.5, 0.6) is 0 Å². The number of primary amides is 1. The van der Waals surface area contributed by atoms with E-state index in [1.165, 1.54) is 0 Å². The average molecular weight is 656 g/mol. The van der Waals surface area contributed by atoms with E-state index in [4.69, 9.17) is 16.2 Å². The van der Waals surface area contributed by atoms with Gasteiger partial charge >= 0.3 is 11.9 Å². The summed E-state index contributed by atoms with van der Waals surface area (Å²) in [5, 5.41) is 25.5. The molecule has 0 bridgehead atoms. The van der Waals surface area contributed by atoms with Crippen LogP contribution in [-0.4, -0.2) is 151 Å². The molecule has 0 aromatic heterocycles. The van der Waals surface area contributed by atoms with Crippen LogP contribution in [0, 0.1) is 0 Å². The summed E-state index contributed by atoms with van der Waals surface area (Å²) in [4.78, 5) is 76.4. The van der Waals surface area contributed by atoms with Gasteiger partial charge in [0.05, 0.1) is 39.0 Å². The monoisotopic (exact) mass is 655 g/mol. The minimum atomic E-state index is -1.14. The lowest BCUT2D eigenvalue weighted by molar-refractivity contribution is -0.143. The maximum absolute atomic E-state index is 12.7. The maximum Gasteiger partial charge on any atom is 0.317 e. The van der Waals surface area contributed by atoms with E-state index in [1.807, 2.05) is 9.80 Å². The lowest BCUT2D eigenvalue weighted by Gasteiger charge is -2.45. The molecule has 2 fully saturated rings. The predicted octanol–water partition coefficient (Wildman–Crippen LogP) is -1.64. The normalized spacial score (nSPS) is 22.8. The van der Waals surface area contributed by atoms with Crippen molar-refractivity contribution in [1.29, 1.82) is 0 Å². The summed E-state index contributed by atoms with van der Waals surface area (Å²) in [6.07, 6.45) is 7.82. The molecule has 8 N–H and O–H groups in total. The topological polar surface area (TPSA) is 238 Å². The number of hydrogen-bond acceptors (Lipinski definition) is 12. The van der Waals surface area contributed by atoms with Crippen LogP contribution < -0.4 is 22.1 Å². The van der Waals surface area contributed by atoms with Crippen LogP contribution in [-0.2, 0) is 33.5 Å². The fraction of sp³-hybridized carbons (Fsp3) is 0.800. The number of nitrogens with one attached hydrogen (secondary N) is 2. The molecular formula is C30H53N7O9. The number of carbonyl (C=O) groups excluding carboxylic acids is 4. The van der Waals surface area contributed by atoms with Crippen molar-refractivity contribution >= 4 is 36.3 Å². The van der Waals surface area contributed by atoms with Crippen molar-refractivity contribution in [1.82, 2.24) is 25.3 Å². The van der Waals surface area contributed by atoms with Crippen LogP contribution in [0.1, 0.15) is 64.2 Å². The Hall–Kier alpha value is -3.02. The lowest BCUT2D eigenvalue weighted by atomic mass is 9.88. The van der Waals surface area contributed by atoms with Crippen LogP contribution in [0.3, 0.4) is 0 Å². The highest BCUT2D eigenvalue weighted by Crippen LogP contribution is 2.35. The van der Waals surface area contributed by atoms with Gasteiger partial charge in [0, 0.05) is 50.3 Å². The Labute approximate surface area is 270 Å². The highest BCUT2D eigenvalue weighted by molar-refractivity contribution is 5.79. The third kappa shape index (κ3) is 13.4. The van der Waals surface area contributed by atoms with Crippen molar-refractivity contribution in [2.75, 3.05) is 65.7 Å². The van der Waals surface area contributed by atoms with Gasteiger partial charge in [-0.25, -0.2) is 0 Å². The summed E-state index contributed by atoms with van der Waals surface area (Å²) >= 11 is 0. The second-order valence-electron chi connectivity index (χ2n) is 12.2. The third-order valence-corrected chi connectivity index (χ3v) is 8.86. The number of carboxylic acid groups (broad SMARTS) is 2. The number of carboxylic acids is 2. The molecule has 4 atom stereocenters. The quantitative estimate of drug-likeness (QED) is 0.0388. The first kappa shape index (κ1) is 39.2. The van der Waals surface area contributed by atoms with E-state index in [9.17, 15) is 39.0 Å². The van der Waals surface area contributed by atoms with E-state index < -0.39 is 36.0 Å². The number of rotatable bonds is 24. The fourth-order valence-corrected chi connectivity index (χ4v) is 6.65. The Kier molecular flexibility index (Phi) is 17.9. The molecule has 2 rings (SSSR count). The number of nitrogens with zero attached hydrogens (tertiary/aromatic N) is 3. The SMILES string of the molecule is NC(=O)[C@@H](N)CCCCNCOCCCC(=O)NCCC1(N(CC=O)CC(=O)O)CN(CC=O)[C@H]2CCCC[C@@H]2N(CC(=O)O)C1. The van der Waals surface area contributed by atoms with Crippen molar-refractivity contribution in [2.45, 2.75) is 87.9 Å². The first-order chi connectivity index (χ1) is 22.0. The van der Waals surface area contributed by atoms with Gasteiger partial charge in [-0.1, -0.05) is 19.3 Å². The Morgan fingerprint density at radius 2 is 1.67 bits per heavy atom. The Bertz CT molecular complexity index is 1000. The van der Waals surface area contributed by atoms with Crippen molar-refractivity contribution in [3.63, 3.8) is 0 Å². The number of fused-ring (bicyclic) bond motifs is 1. The van der Waals surface area contributed by atoms with E-state index >= 15 is 0 Å². The van der Waals surface area contributed by atoms with Gasteiger partial charge in [-0.15, -0.1) is 0 Å². The molecule has 262 valence electrons. The van der Waals surface area contributed by atoms with Crippen LogP contribution in [0.4, 0.5) is 0 Å². The summed E-state index contributed by atoms with van der Waals surface area (Å²) < 4.78 is 5.53. The van der Waals surface area contributed by atoms with Crippen molar-refractivity contribution in [3.05, 3.63) is 0 Å². The standard InChI is InChI=1S/C30H53N7O9/c31-23(29(32)45)6-3-4-11-33-22-46-17-5-9-26(40)34-12-10-30(37(14-16-39)19-28(43)44)20-35(13-15-38)24-7-1-2-8-25(24)36(21-30)18-27(41)42/h15-16,23-25,33H,1-14,17-22,31H2,(H2,32,45)(H,34,40)(H,41,42)(H,43,44)/t23-,24-,25-,30?/m0/s1. The van der Waals surface area contributed by atoms with E-state index in [0.717, 1.165) is 44.8 Å². The molecule has 0 radical (unpaired) electrons. The summed E-state index contributed by atoms with van der Waals surface area (Å²) in [6, 6.07) is -0.862. The Morgan fingerprint density at radius 3 is 2.30 bits per heavy atom. The van der Waals surface area contributed by atoms with E-state index in [1.54, 1.807) is 4.90 Å². The van der Waals surface area contributed by atoms with Gasteiger partial charge in [0.2, 0.25) is 11.8 Å². The number of aldehydes is 2. The molecule has 0 aromatic rings. The van der Waals surface area contributed by atoms with Gasteiger partial charge in [0.1, 0.15) is 12.6 Å². The summed E-state index contributed by atoms with van der Waals surface area (Å²) in [5.74, 6) is -2.88. The maximum atomic E-state index is 12.7. The number of aliphatic carboxylic acids is 2. The molecule has 1 saturated heterocycles. The molecule has 0 spiro atoms. The van der Waals surface area contributed by atoms with Crippen LogP contribution in [0.2, 0.25) is 0 Å². The minimum Gasteiger partial charge on any atom is -0.480 e. The van der Waals surface area contributed by atoms with Gasteiger partial charge in [0.15, 0.2) is 0 Å². The summed E-state index contributed by atoms with van der Waals surface area (Å²) in [7, 11) is 0. The molecule has 16 heteroatoms. The summed E-state index contributed by atoms with van der Waals surface area (Å²) in [6.45, 7) is 1.13. The number of ether oxygens (including phenoxy) is 1. The predicted molar refractivity (Wildman–Crippen MR) is 168 cm³/mol. The summed E-state index contributed by atoms with van der Waals surface area (Å²) in [5.41, 5.74) is 9.71. The van der Waals surface area contributed by atoms with Crippen LogP contribution in [0.25, 0.3) is 0 Å². The molecule has 0 aromatic carbocycles. The molecular weight excluding hydrogens is 602 g/mol. The second-order valence-corrected chi connectivity index (χ2v) is 12.2. The number of hydrogen-bond donors (Lipinski definition) is 6. The number of amides is 2. The molecule has 16 nitrogen and oxygen atoms in total. The van der Waals surface area contributed by atoms with Gasteiger partial charge in [-0.05, 0) is 45.1 Å². The lowest BCUT2D eigenvalue weighted by Crippen LogP contribution is -2.62. The largest absolute Gasteiger partial charge is 0.480 e. The second kappa shape index (κ2) is 21.0. The van der Waals surface area contributed by atoms with Crippen LogP contribution in [0.15, 0.2) is 0 Å². The highest BCUT2D eigenvalue weighted by Gasteiger charge is 2.48. The molecule has 1 aliphatic heterocycles. The van der Waals surface area contributed by atoms with Crippen molar-refractivity contribution in [3.8, 4) is 0 Å². The molecule has 1 heterocycles. The van der Waals surface area contributed by atoms with Gasteiger partial charge in [0.25, 0.3) is 0 Å². The number of carbonyl (C=O) groups is 6.